The number of carbonyl (C=O) groups excluding carboxylic acids is 3. The van der Waals surface area contributed by atoms with Crippen LogP contribution in [0.5, 0.6) is 0 Å². The first-order valence-corrected chi connectivity index (χ1v) is 18.3. The molecule has 2 aromatic carbocycles. The maximum absolute atomic E-state index is 13.4. The lowest BCUT2D eigenvalue weighted by Gasteiger charge is -2.39. The van der Waals surface area contributed by atoms with Crippen molar-refractivity contribution in [1.29, 1.82) is 0 Å². The molecule has 2 heterocycles. The number of benzene rings is 2. The summed E-state index contributed by atoms with van der Waals surface area (Å²) in [7, 11) is -3.27. The first-order chi connectivity index (χ1) is 21.5. The largest absolute Gasteiger partial charge is 0.349 e. The summed E-state index contributed by atoms with van der Waals surface area (Å²) in [6, 6.07) is 16.8. The number of rotatable bonds is 12. The molecule has 0 aliphatic carbocycles. The van der Waals surface area contributed by atoms with Crippen LogP contribution in [0.25, 0.3) is 0 Å². The maximum Gasteiger partial charge on any atom is 0.227 e. The summed E-state index contributed by atoms with van der Waals surface area (Å²) >= 11 is 0. The lowest BCUT2D eigenvalue weighted by atomic mass is 9.93. The highest BCUT2D eigenvalue weighted by Crippen LogP contribution is 2.24. The van der Waals surface area contributed by atoms with Crippen LogP contribution < -0.4 is 5.32 Å². The molecular formula is C35H50N4O5S. The smallest absolute Gasteiger partial charge is 0.227 e. The van der Waals surface area contributed by atoms with Crippen molar-refractivity contribution in [1.82, 2.24) is 20.0 Å². The number of nitrogens with one attached hydrogen (secondary N) is 1. The number of carbonyl (C=O) groups is 3. The van der Waals surface area contributed by atoms with Gasteiger partial charge >= 0.3 is 0 Å². The predicted molar refractivity (Wildman–Crippen MR) is 176 cm³/mol. The Morgan fingerprint density at radius 3 is 2.09 bits per heavy atom. The molecule has 1 atom stereocenters. The fourth-order valence-corrected chi connectivity index (χ4v) is 7.19. The molecule has 0 saturated carbocycles. The summed E-state index contributed by atoms with van der Waals surface area (Å²) in [5.74, 6) is 0.184. The van der Waals surface area contributed by atoms with Crippen molar-refractivity contribution in [3.63, 3.8) is 0 Å². The van der Waals surface area contributed by atoms with Crippen LogP contribution in [0.3, 0.4) is 0 Å². The predicted octanol–water partition coefficient (Wildman–Crippen LogP) is 4.09. The van der Waals surface area contributed by atoms with Crippen molar-refractivity contribution in [2.24, 2.45) is 11.8 Å². The number of piperidine rings is 2. The Hall–Kier alpha value is -3.24. The van der Waals surface area contributed by atoms with Crippen LogP contribution in [-0.2, 0) is 30.6 Å². The highest BCUT2D eigenvalue weighted by atomic mass is 32.2. The number of likely N-dealkylation sites (N-methyl/N-ethyl adjacent to an activating group) is 1. The normalized spacial score (nSPS) is 17.7. The van der Waals surface area contributed by atoms with Gasteiger partial charge in [-0.1, -0.05) is 56.3 Å². The lowest BCUT2D eigenvalue weighted by molar-refractivity contribution is -0.138. The topological polar surface area (TPSA) is 107 Å². The molecule has 2 aromatic rings. The van der Waals surface area contributed by atoms with Gasteiger partial charge in [-0.05, 0) is 62.3 Å². The average molecular weight is 639 g/mol. The van der Waals surface area contributed by atoms with Crippen molar-refractivity contribution in [3.8, 4) is 0 Å². The highest BCUT2D eigenvalue weighted by Gasteiger charge is 2.31. The van der Waals surface area contributed by atoms with E-state index in [1.807, 2.05) is 48.8 Å². The Bertz CT molecular complexity index is 1380. The summed E-state index contributed by atoms with van der Waals surface area (Å²) in [6.07, 6.45) is 5.40. The molecule has 4 rings (SSSR count). The Morgan fingerprint density at radius 1 is 0.911 bits per heavy atom. The van der Waals surface area contributed by atoms with E-state index in [2.05, 4.69) is 22.3 Å². The molecule has 2 saturated heterocycles. The monoisotopic (exact) mass is 638 g/mol. The zero-order chi connectivity index (χ0) is 32.6. The summed E-state index contributed by atoms with van der Waals surface area (Å²) < 4.78 is 23.5. The number of amides is 3. The zero-order valence-electron chi connectivity index (χ0n) is 27.3. The Kier molecular flexibility index (Phi) is 12.2. The van der Waals surface area contributed by atoms with Gasteiger partial charge in [-0.3, -0.25) is 14.4 Å². The Balaban J connectivity index is 1.28. The van der Waals surface area contributed by atoms with Crippen LogP contribution in [-0.4, -0.2) is 92.4 Å². The van der Waals surface area contributed by atoms with Crippen molar-refractivity contribution < 1.29 is 22.8 Å². The Labute approximate surface area is 269 Å². The van der Waals surface area contributed by atoms with Gasteiger partial charge < -0.3 is 20.0 Å². The summed E-state index contributed by atoms with van der Waals surface area (Å²) in [4.78, 5) is 45.5. The van der Waals surface area contributed by atoms with Crippen molar-refractivity contribution in [3.05, 3.63) is 65.7 Å². The molecule has 0 radical (unpaired) electrons. The van der Waals surface area contributed by atoms with Crippen LogP contribution in [0.1, 0.15) is 70.0 Å². The van der Waals surface area contributed by atoms with E-state index >= 15 is 0 Å². The van der Waals surface area contributed by atoms with E-state index in [0.717, 1.165) is 50.0 Å². The fraction of sp³-hybridized carbons (Fsp3) is 0.571. The summed E-state index contributed by atoms with van der Waals surface area (Å²) in [5, 5.41) is 3.34. The second kappa shape index (κ2) is 15.9. The van der Waals surface area contributed by atoms with E-state index in [4.69, 9.17) is 0 Å². The fourth-order valence-electron chi connectivity index (χ4n) is 6.56. The highest BCUT2D eigenvalue weighted by molar-refractivity contribution is 7.90. The molecule has 3 amide bonds. The van der Waals surface area contributed by atoms with Gasteiger partial charge in [0.1, 0.15) is 0 Å². The molecule has 2 aliphatic rings. The van der Waals surface area contributed by atoms with E-state index in [-0.39, 0.29) is 53.0 Å². The van der Waals surface area contributed by atoms with E-state index in [1.54, 1.807) is 24.3 Å². The SMILES string of the molecule is CCN(C(=O)Cc1ccc(S(C)(=O)=O)cc1)C1CCN(CC[C@H](NC(=O)C2CCN(C(=O)C(C)C)CC2)c2ccccc2)CC1. The first-order valence-electron chi connectivity index (χ1n) is 16.4. The van der Waals surface area contributed by atoms with E-state index < -0.39 is 9.84 Å². The van der Waals surface area contributed by atoms with Gasteiger partial charge in [0.15, 0.2) is 9.84 Å². The second-order valence-electron chi connectivity index (χ2n) is 12.9. The van der Waals surface area contributed by atoms with Gasteiger partial charge in [-0.15, -0.1) is 0 Å². The molecule has 2 fully saturated rings. The molecular weight excluding hydrogens is 588 g/mol. The molecule has 9 nitrogen and oxygen atoms in total. The number of sulfone groups is 1. The van der Waals surface area contributed by atoms with Crippen LogP contribution in [0.15, 0.2) is 59.5 Å². The summed E-state index contributed by atoms with van der Waals surface area (Å²) in [6.45, 7) is 10.4. The molecule has 2 aliphatic heterocycles. The molecule has 1 N–H and O–H groups in total. The number of nitrogens with zero attached hydrogens (tertiary/aromatic N) is 3. The maximum atomic E-state index is 13.4. The third-order valence-electron chi connectivity index (χ3n) is 9.29. The Morgan fingerprint density at radius 2 is 1.53 bits per heavy atom. The van der Waals surface area contributed by atoms with Gasteiger partial charge in [-0.2, -0.15) is 0 Å². The lowest BCUT2D eigenvalue weighted by Crippen LogP contribution is -2.48. The minimum absolute atomic E-state index is 0.0261. The second-order valence-corrected chi connectivity index (χ2v) is 14.9. The minimum Gasteiger partial charge on any atom is -0.349 e. The average Bonchev–Trinajstić information content (AvgIpc) is 3.03. The van der Waals surface area contributed by atoms with E-state index in [9.17, 15) is 22.8 Å². The van der Waals surface area contributed by atoms with Crippen LogP contribution in [0.4, 0.5) is 0 Å². The van der Waals surface area contributed by atoms with Gasteiger partial charge in [-0.25, -0.2) is 8.42 Å². The quantitative estimate of drug-likeness (QED) is 0.376. The third-order valence-corrected chi connectivity index (χ3v) is 10.4. The van der Waals surface area contributed by atoms with E-state index in [0.29, 0.717) is 32.5 Å². The number of likely N-dealkylation sites (tertiary alicyclic amines) is 2. The molecule has 10 heteroatoms. The molecule has 0 bridgehead atoms. The molecule has 45 heavy (non-hydrogen) atoms. The van der Waals surface area contributed by atoms with Gasteiger partial charge in [0.25, 0.3) is 0 Å². The zero-order valence-corrected chi connectivity index (χ0v) is 28.1. The van der Waals surface area contributed by atoms with Crippen molar-refractivity contribution >= 4 is 27.6 Å². The van der Waals surface area contributed by atoms with Crippen LogP contribution in [0.2, 0.25) is 0 Å². The van der Waals surface area contributed by atoms with Gasteiger partial charge in [0.05, 0.1) is 17.4 Å². The van der Waals surface area contributed by atoms with Gasteiger partial charge in [0.2, 0.25) is 17.7 Å². The minimum atomic E-state index is -3.27. The molecule has 0 spiro atoms. The van der Waals surface area contributed by atoms with Crippen molar-refractivity contribution in [2.75, 3.05) is 45.5 Å². The number of hydrogen-bond donors (Lipinski definition) is 1. The summed E-state index contributed by atoms with van der Waals surface area (Å²) in [5.41, 5.74) is 1.91. The van der Waals surface area contributed by atoms with Crippen LogP contribution in [0, 0.1) is 11.8 Å². The van der Waals surface area contributed by atoms with Crippen molar-refractivity contribution in [2.45, 2.75) is 76.3 Å². The first kappa shape index (κ1) is 34.6. The number of hydrogen-bond acceptors (Lipinski definition) is 6. The third kappa shape index (κ3) is 9.63. The van der Waals surface area contributed by atoms with Gasteiger partial charge in [0, 0.05) is 63.4 Å². The molecule has 0 unspecified atom stereocenters. The van der Waals surface area contributed by atoms with E-state index in [1.165, 1.54) is 6.26 Å². The standard InChI is InChI=1S/C35H50N4O5S/c1-5-39(33(40)25-27-11-13-31(14-12-27)45(4,43)44)30-17-20-37(21-18-30)22-19-32(28-9-7-6-8-10-28)36-34(41)29-15-23-38(24-16-29)35(42)26(2)3/h6-14,26,29-30,32H,5,15-25H2,1-4H3,(H,36,41)/t32-/m0/s1. The molecule has 0 aromatic heterocycles. The molecule has 246 valence electrons. The van der Waals surface area contributed by atoms with Crippen LogP contribution >= 0.6 is 0 Å².